The van der Waals surface area contributed by atoms with Gasteiger partial charge in [-0.05, 0) is 57.5 Å². The van der Waals surface area contributed by atoms with Crippen LogP contribution in [0, 0.1) is 13.8 Å². The van der Waals surface area contributed by atoms with Crippen LogP contribution in [-0.4, -0.2) is 37.4 Å². The minimum Gasteiger partial charge on any atom is -0.454 e. The Bertz CT molecular complexity index is 975. The van der Waals surface area contributed by atoms with Crippen molar-refractivity contribution < 1.29 is 22.7 Å². The van der Waals surface area contributed by atoms with E-state index < -0.39 is 16.0 Å². The lowest BCUT2D eigenvalue weighted by Gasteiger charge is -2.12. The number of carbonyl (C=O) groups is 2. The Labute approximate surface area is 165 Å². The van der Waals surface area contributed by atoms with Crippen LogP contribution in [0.2, 0.25) is 0 Å². The van der Waals surface area contributed by atoms with Crippen LogP contribution in [0.4, 0.5) is 0 Å². The van der Waals surface area contributed by atoms with Gasteiger partial charge in [-0.3, -0.25) is 4.79 Å². The van der Waals surface area contributed by atoms with Gasteiger partial charge in [0.05, 0.1) is 10.5 Å². The lowest BCUT2D eigenvalue weighted by molar-refractivity contribution is 0.0474. The summed E-state index contributed by atoms with van der Waals surface area (Å²) in [4.78, 5) is 24.5. The van der Waals surface area contributed by atoms with Crippen molar-refractivity contribution in [1.82, 2.24) is 9.29 Å². The number of ketones is 1. The summed E-state index contributed by atoms with van der Waals surface area (Å²) >= 11 is 0. The number of benzene rings is 1. The zero-order valence-electron chi connectivity index (χ0n) is 16.8. The maximum atomic E-state index is 12.3. The number of carbonyl (C=O) groups excluding carboxylic acids is 2. The number of Topliss-reactive ketones (excluding diaryl/α,β-unsaturated/α-hetero) is 1. The molecule has 1 N–H and O–H groups in total. The normalized spacial score (nSPS) is 12.6. The summed E-state index contributed by atoms with van der Waals surface area (Å²) in [6.45, 7) is 7.00. The van der Waals surface area contributed by atoms with E-state index in [4.69, 9.17) is 4.74 Å². The van der Waals surface area contributed by atoms with Crippen LogP contribution >= 0.6 is 0 Å². The van der Waals surface area contributed by atoms with Crippen LogP contribution in [0.3, 0.4) is 0 Å². The van der Waals surface area contributed by atoms with Crippen LogP contribution in [0.5, 0.6) is 0 Å². The molecule has 0 aliphatic rings. The Kier molecular flexibility index (Phi) is 6.79. The minimum atomic E-state index is -3.64. The number of hydrogen-bond acceptors (Lipinski definition) is 5. The molecule has 1 heterocycles. The molecule has 1 aromatic heterocycles. The van der Waals surface area contributed by atoms with Gasteiger partial charge < -0.3 is 9.30 Å². The van der Waals surface area contributed by atoms with Gasteiger partial charge in [-0.15, -0.1) is 0 Å². The largest absolute Gasteiger partial charge is 0.454 e. The monoisotopic (exact) mass is 406 g/mol. The van der Waals surface area contributed by atoms with Gasteiger partial charge in [0, 0.05) is 30.0 Å². The second kappa shape index (κ2) is 8.70. The minimum absolute atomic E-state index is 0.0656. The van der Waals surface area contributed by atoms with Gasteiger partial charge in [0.25, 0.3) is 0 Å². The van der Waals surface area contributed by atoms with E-state index in [-0.39, 0.29) is 28.9 Å². The van der Waals surface area contributed by atoms with Gasteiger partial charge in [-0.1, -0.05) is 6.92 Å². The molecule has 0 unspecified atom stereocenters. The standard InChI is InChI=1S/C20H26N2O5S/c1-6-13(2)21-28(25,26)17-9-7-16(8-10-17)20(24)27-12-19(23)18-11-14(3)22(5)15(18)4/h7-11,13,21H,6,12H2,1-5H3/t13-/m1/s1. The fourth-order valence-corrected chi connectivity index (χ4v) is 3.94. The second-order valence-corrected chi connectivity index (χ2v) is 8.51. The van der Waals surface area contributed by atoms with Crippen molar-refractivity contribution in [3.05, 3.63) is 52.8 Å². The molecule has 0 aliphatic heterocycles. The van der Waals surface area contributed by atoms with Crippen LogP contribution < -0.4 is 4.72 Å². The fourth-order valence-electron chi connectivity index (χ4n) is 2.62. The number of rotatable bonds is 8. The molecule has 0 amide bonds. The fraction of sp³-hybridized carbons (Fsp3) is 0.400. The number of nitrogens with one attached hydrogen (secondary N) is 1. The summed E-state index contributed by atoms with van der Waals surface area (Å²) in [5.74, 6) is -0.969. The zero-order valence-corrected chi connectivity index (χ0v) is 17.6. The predicted molar refractivity (Wildman–Crippen MR) is 106 cm³/mol. The lowest BCUT2D eigenvalue weighted by Crippen LogP contribution is -2.32. The third-order valence-corrected chi connectivity index (χ3v) is 6.38. The van der Waals surface area contributed by atoms with E-state index >= 15 is 0 Å². The van der Waals surface area contributed by atoms with Crippen LogP contribution in [0.15, 0.2) is 35.2 Å². The molecule has 0 fully saturated rings. The Morgan fingerprint density at radius 2 is 1.79 bits per heavy atom. The van der Waals surface area contributed by atoms with Crippen molar-refractivity contribution in [3.63, 3.8) is 0 Å². The van der Waals surface area contributed by atoms with Crippen molar-refractivity contribution in [2.24, 2.45) is 7.05 Å². The number of aryl methyl sites for hydroxylation is 1. The highest BCUT2D eigenvalue weighted by Crippen LogP contribution is 2.15. The zero-order chi connectivity index (χ0) is 21.1. The molecule has 2 aromatic rings. The molecule has 0 saturated heterocycles. The molecule has 1 atom stereocenters. The molecule has 8 heteroatoms. The van der Waals surface area contributed by atoms with E-state index in [1.54, 1.807) is 13.0 Å². The Hall–Kier alpha value is -2.45. The molecule has 1 aromatic carbocycles. The van der Waals surface area contributed by atoms with Crippen molar-refractivity contribution >= 4 is 21.8 Å². The van der Waals surface area contributed by atoms with E-state index in [1.807, 2.05) is 32.4 Å². The van der Waals surface area contributed by atoms with Gasteiger partial charge >= 0.3 is 5.97 Å². The Morgan fingerprint density at radius 1 is 1.18 bits per heavy atom. The molecular formula is C20H26N2O5S. The molecule has 152 valence electrons. The predicted octanol–water partition coefficient (Wildman–Crippen LogP) is 2.76. The average Bonchev–Trinajstić information content (AvgIpc) is 2.93. The molecule has 7 nitrogen and oxygen atoms in total. The van der Waals surface area contributed by atoms with Crippen molar-refractivity contribution in [1.29, 1.82) is 0 Å². The number of sulfonamides is 1. The SMILES string of the molecule is CC[C@@H](C)NS(=O)(=O)c1ccc(C(=O)OCC(=O)c2cc(C)n(C)c2C)cc1. The van der Waals surface area contributed by atoms with Gasteiger partial charge in [0.15, 0.2) is 6.61 Å². The van der Waals surface area contributed by atoms with Gasteiger partial charge in [0.1, 0.15) is 0 Å². The second-order valence-electron chi connectivity index (χ2n) is 6.80. The first-order chi connectivity index (χ1) is 13.1. The summed E-state index contributed by atoms with van der Waals surface area (Å²) in [7, 11) is -1.78. The van der Waals surface area contributed by atoms with Crippen molar-refractivity contribution in [2.45, 2.75) is 45.1 Å². The molecule has 2 rings (SSSR count). The number of nitrogens with zero attached hydrogens (tertiary/aromatic N) is 1. The maximum Gasteiger partial charge on any atom is 0.338 e. The van der Waals surface area contributed by atoms with Gasteiger partial charge in [0.2, 0.25) is 15.8 Å². The lowest BCUT2D eigenvalue weighted by atomic mass is 10.1. The number of aromatic nitrogens is 1. The third-order valence-electron chi connectivity index (χ3n) is 4.78. The third kappa shape index (κ3) is 4.88. The van der Waals surface area contributed by atoms with Crippen LogP contribution in [0.1, 0.15) is 52.4 Å². The molecule has 0 aliphatic carbocycles. The summed E-state index contributed by atoms with van der Waals surface area (Å²) < 4.78 is 34.0. The van der Waals surface area contributed by atoms with E-state index in [0.29, 0.717) is 12.0 Å². The summed E-state index contributed by atoms with van der Waals surface area (Å²) in [6.07, 6.45) is 0.665. The van der Waals surface area contributed by atoms with Crippen LogP contribution in [0.25, 0.3) is 0 Å². The number of ether oxygens (including phenoxy) is 1. The molecule has 0 bridgehead atoms. The molecule has 0 radical (unpaired) electrons. The molecular weight excluding hydrogens is 380 g/mol. The number of esters is 1. The van der Waals surface area contributed by atoms with E-state index in [1.165, 1.54) is 24.3 Å². The molecule has 28 heavy (non-hydrogen) atoms. The first-order valence-electron chi connectivity index (χ1n) is 9.02. The molecule has 0 saturated carbocycles. The van der Waals surface area contributed by atoms with Crippen molar-refractivity contribution in [3.8, 4) is 0 Å². The maximum absolute atomic E-state index is 12.3. The quantitative estimate of drug-likeness (QED) is 0.537. The van der Waals surface area contributed by atoms with E-state index in [2.05, 4.69) is 4.72 Å². The van der Waals surface area contributed by atoms with E-state index in [0.717, 1.165) is 11.4 Å². The highest BCUT2D eigenvalue weighted by Gasteiger charge is 2.19. The van der Waals surface area contributed by atoms with Gasteiger partial charge in [-0.25, -0.2) is 17.9 Å². The summed E-state index contributed by atoms with van der Waals surface area (Å²) in [5.41, 5.74) is 2.44. The van der Waals surface area contributed by atoms with Crippen LogP contribution in [-0.2, 0) is 21.8 Å². The summed E-state index contributed by atoms with van der Waals surface area (Å²) in [6, 6.07) is 6.99. The molecule has 0 spiro atoms. The number of hydrogen-bond donors (Lipinski definition) is 1. The Morgan fingerprint density at radius 3 is 2.29 bits per heavy atom. The highest BCUT2D eigenvalue weighted by atomic mass is 32.2. The summed E-state index contributed by atoms with van der Waals surface area (Å²) in [5, 5.41) is 0. The first kappa shape index (κ1) is 21.8. The van der Waals surface area contributed by atoms with Gasteiger partial charge in [-0.2, -0.15) is 0 Å². The highest BCUT2D eigenvalue weighted by molar-refractivity contribution is 7.89. The van der Waals surface area contributed by atoms with E-state index in [9.17, 15) is 18.0 Å². The first-order valence-corrected chi connectivity index (χ1v) is 10.5. The Balaban J connectivity index is 2.03. The average molecular weight is 407 g/mol. The van der Waals surface area contributed by atoms with Crippen molar-refractivity contribution in [2.75, 3.05) is 6.61 Å². The topological polar surface area (TPSA) is 94.5 Å². The smallest absolute Gasteiger partial charge is 0.338 e.